The summed E-state index contributed by atoms with van der Waals surface area (Å²) in [6.07, 6.45) is 6.81. The first-order valence-corrected chi connectivity index (χ1v) is 13.6. The fraction of sp³-hybridized carbons (Fsp3) is 0.333. The predicted molar refractivity (Wildman–Crippen MR) is 145 cm³/mol. The number of nitrogens with one attached hydrogen (secondary N) is 2. The van der Waals surface area contributed by atoms with Crippen LogP contribution in [0.2, 0.25) is 0 Å². The molecule has 3 heterocycles. The first-order chi connectivity index (χ1) is 19.1. The minimum Gasteiger partial charge on any atom is -0.463 e. The molecule has 2 unspecified atom stereocenters. The SMILES string of the molecule is CCc1ccc2[nH]c(=O)c(C(c3nnnn3C3CCCC3)[NH+](Cc3ccc(F)cc3)Cc3ccco3)cc2c1. The van der Waals surface area contributed by atoms with Gasteiger partial charge in [-0.25, -0.2) is 9.07 Å². The van der Waals surface area contributed by atoms with Gasteiger partial charge in [0.2, 0.25) is 5.82 Å². The van der Waals surface area contributed by atoms with Crippen molar-refractivity contribution >= 4 is 10.9 Å². The summed E-state index contributed by atoms with van der Waals surface area (Å²) < 4.78 is 21.5. The molecule has 6 rings (SSSR count). The summed E-state index contributed by atoms with van der Waals surface area (Å²) in [6.45, 7) is 3.11. The van der Waals surface area contributed by atoms with Gasteiger partial charge in [0.1, 0.15) is 18.9 Å². The Hall–Kier alpha value is -4.11. The largest absolute Gasteiger partial charge is 0.463 e. The Bertz CT molecular complexity index is 1600. The van der Waals surface area contributed by atoms with E-state index in [9.17, 15) is 9.18 Å². The van der Waals surface area contributed by atoms with Gasteiger partial charge in [-0.1, -0.05) is 38.0 Å². The lowest BCUT2D eigenvalue weighted by Crippen LogP contribution is -3.10. The Morgan fingerprint density at radius 2 is 1.87 bits per heavy atom. The minimum atomic E-state index is -0.491. The molecule has 2 aromatic carbocycles. The lowest BCUT2D eigenvalue weighted by atomic mass is 10.0. The molecule has 5 aromatic rings. The van der Waals surface area contributed by atoms with Crippen molar-refractivity contribution in [1.29, 1.82) is 0 Å². The van der Waals surface area contributed by atoms with Crippen molar-refractivity contribution in [2.75, 3.05) is 0 Å². The van der Waals surface area contributed by atoms with Crippen LogP contribution in [0.15, 0.2) is 76.1 Å². The Labute approximate surface area is 225 Å². The van der Waals surface area contributed by atoms with Crippen LogP contribution < -0.4 is 10.5 Å². The summed E-state index contributed by atoms with van der Waals surface area (Å²) in [5.74, 6) is 1.15. The van der Waals surface area contributed by atoms with E-state index in [-0.39, 0.29) is 17.4 Å². The van der Waals surface area contributed by atoms with E-state index >= 15 is 0 Å². The number of pyridine rings is 1. The lowest BCUT2D eigenvalue weighted by molar-refractivity contribution is -0.954. The topological polar surface area (TPSA) is 94.0 Å². The number of tetrazole rings is 1. The fourth-order valence-electron chi connectivity index (χ4n) is 5.82. The molecular formula is C30H32FN6O2+. The maximum atomic E-state index is 13.8. The van der Waals surface area contributed by atoms with Crippen molar-refractivity contribution in [3.8, 4) is 0 Å². The highest BCUT2D eigenvalue weighted by atomic mass is 19.1. The van der Waals surface area contributed by atoms with Crippen LogP contribution in [0.25, 0.3) is 10.9 Å². The smallest absolute Gasteiger partial charge is 0.258 e. The number of aryl methyl sites for hydroxylation is 1. The second-order valence-corrected chi connectivity index (χ2v) is 10.4. The molecule has 1 saturated carbocycles. The molecule has 0 saturated heterocycles. The van der Waals surface area contributed by atoms with Crippen molar-refractivity contribution in [3.63, 3.8) is 0 Å². The summed E-state index contributed by atoms with van der Waals surface area (Å²) in [7, 11) is 0. The van der Waals surface area contributed by atoms with Crippen LogP contribution in [-0.2, 0) is 19.5 Å². The van der Waals surface area contributed by atoms with Crippen LogP contribution in [0.5, 0.6) is 0 Å². The number of fused-ring (bicyclic) bond motifs is 1. The number of benzene rings is 2. The van der Waals surface area contributed by atoms with Gasteiger partial charge in [0.25, 0.3) is 5.56 Å². The summed E-state index contributed by atoms with van der Waals surface area (Å²) in [5, 5.41) is 14.0. The molecule has 8 nitrogen and oxygen atoms in total. The van der Waals surface area contributed by atoms with Crippen LogP contribution in [-0.4, -0.2) is 25.2 Å². The zero-order chi connectivity index (χ0) is 26.8. The number of nitrogens with zero attached hydrogens (tertiary/aromatic N) is 4. The normalized spacial score (nSPS) is 15.6. The number of halogens is 1. The van der Waals surface area contributed by atoms with Crippen LogP contribution in [0, 0.1) is 5.82 Å². The minimum absolute atomic E-state index is 0.172. The van der Waals surface area contributed by atoms with Gasteiger partial charge in [-0.2, -0.15) is 0 Å². The van der Waals surface area contributed by atoms with Gasteiger partial charge >= 0.3 is 0 Å². The average Bonchev–Trinajstić information content (AvgIpc) is 3.73. The third-order valence-corrected chi connectivity index (χ3v) is 7.84. The van der Waals surface area contributed by atoms with Crippen molar-refractivity contribution in [2.45, 2.75) is 64.2 Å². The van der Waals surface area contributed by atoms with Gasteiger partial charge in [-0.15, -0.1) is 5.10 Å². The lowest BCUT2D eigenvalue weighted by Gasteiger charge is -2.28. The number of hydrogen-bond acceptors (Lipinski definition) is 5. The van der Waals surface area contributed by atoms with E-state index in [4.69, 9.17) is 4.42 Å². The molecule has 1 fully saturated rings. The van der Waals surface area contributed by atoms with Crippen molar-refractivity contribution in [1.82, 2.24) is 25.2 Å². The van der Waals surface area contributed by atoms with Crippen LogP contribution in [0.3, 0.4) is 0 Å². The quantitative estimate of drug-likeness (QED) is 0.298. The molecule has 0 bridgehead atoms. The Morgan fingerprint density at radius 3 is 2.62 bits per heavy atom. The van der Waals surface area contributed by atoms with Gasteiger partial charge in [0.05, 0.1) is 17.9 Å². The van der Waals surface area contributed by atoms with Gasteiger partial charge < -0.3 is 14.3 Å². The molecule has 200 valence electrons. The van der Waals surface area contributed by atoms with E-state index in [1.165, 1.54) is 17.7 Å². The number of hydrogen-bond donors (Lipinski definition) is 2. The highest BCUT2D eigenvalue weighted by Crippen LogP contribution is 2.31. The molecule has 0 aliphatic heterocycles. The third-order valence-electron chi connectivity index (χ3n) is 7.84. The molecule has 9 heteroatoms. The Morgan fingerprint density at radius 1 is 1.08 bits per heavy atom. The number of aromatic nitrogens is 5. The van der Waals surface area contributed by atoms with Crippen LogP contribution in [0.1, 0.15) is 73.0 Å². The predicted octanol–water partition coefficient (Wildman–Crippen LogP) is 4.30. The monoisotopic (exact) mass is 527 g/mol. The van der Waals surface area contributed by atoms with E-state index < -0.39 is 6.04 Å². The van der Waals surface area contributed by atoms with Crippen molar-refractivity contribution in [2.24, 2.45) is 0 Å². The van der Waals surface area contributed by atoms with E-state index in [2.05, 4.69) is 33.5 Å². The molecular weight excluding hydrogens is 495 g/mol. The standard InChI is InChI=1S/C30H31FN6O2/c1-2-20-11-14-27-22(16-20)17-26(30(38)32-27)28(29-33-34-35-37(29)24-6-3-4-7-24)36(19-25-8-5-15-39-25)18-21-9-12-23(31)13-10-21/h5,8-17,24,28H,2-4,6-7,18-19H2,1H3,(H,32,38)/p+1. The van der Waals surface area contributed by atoms with Gasteiger partial charge in [0, 0.05) is 11.1 Å². The molecule has 1 aliphatic carbocycles. The number of furan rings is 1. The first-order valence-electron chi connectivity index (χ1n) is 13.6. The number of rotatable bonds is 9. The van der Waals surface area contributed by atoms with E-state index in [0.29, 0.717) is 24.5 Å². The van der Waals surface area contributed by atoms with E-state index in [1.807, 2.05) is 35.0 Å². The Balaban J connectivity index is 1.53. The van der Waals surface area contributed by atoms with Crippen LogP contribution >= 0.6 is 0 Å². The molecule has 0 amide bonds. The number of H-pyrrole nitrogens is 1. The summed E-state index contributed by atoms with van der Waals surface area (Å²) >= 11 is 0. The van der Waals surface area contributed by atoms with Gasteiger partial charge in [-0.3, -0.25) is 4.79 Å². The van der Waals surface area contributed by atoms with E-state index in [1.54, 1.807) is 18.4 Å². The summed E-state index contributed by atoms with van der Waals surface area (Å²) in [6, 6.07) is 18.1. The van der Waals surface area contributed by atoms with Crippen LogP contribution in [0.4, 0.5) is 4.39 Å². The van der Waals surface area contributed by atoms with Crippen molar-refractivity contribution in [3.05, 3.63) is 111 Å². The molecule has 3 aromatic heterocycles. The van der Waals surface area contributed by atoms with E-state index in [0.717, 1.165) is 59.2 Å². The second kappa shape index (κ2) is 10.9. The molecule has 1 aliphatic rings. The molecule has 0 spiro atoms. The number of aromatic amines is 1. The number of quaternary nitrogens is 1. The zero-order valence-electron chi connectivity index (χ0n) is 21.9. The molecule has 2 N–H and O–H groups in total. The van der Waals surface area contributed by atoms with Gasteiger partial charge in [-0.05, 0) is 83.1 Å². The second-order valence-electron chi connectivity index (χ2n) is 10.4. The summed E-state index contributed by atoms with van der Waals surface area (Å²) in [4.78, 5) is 17.8. The summed E-state index contributed by atoms with van der Waals surface area (Å²) in [5.41, 5.74) is 3.34. The Kier molecular flexibility index (Phi) is 7.06. The molecule has 39 heavy (non-hydrogen) atoms. The van der Waals surface area contributed by atoms with Gasteiger partial charge in [0.15, 0.2) is 11.8 Å². The molecule has 2 atom stereocenters. The maximum absolute atomic E-state index is 13.8. The maximum Gasteiger partial charge on any atom is 0.258 e. The third kappa shape index (κ3) is 5.27. The zero-order valence-corrected chi connectivity index (χ0v) is 21.9. The first kappa shape index (κ1) is 25.2. The van der Waals surface area contributed by atoms with Crippen molar-refractivity contribution < 1.29 is 13.7 Å². The average molecular weight is 528 g/mol. The fourth-order valence-corrected chi connectivity index (χ4v) is 5.82. The highest BCUT2D eigenvalue weighted by molar-refractivity contribution is 5.79. The molecule has 0 radical (unpaired) electrons. The highest BCUT2D eigenvalue weighted by Gasteiger charge is 2.37.